The van der Waals surface area contributed by atoms with E-state index in [1.807, 2.05) is 6.07 Å². The number of hydrogen-bond acceptors (Lipinski definition) is 1. The van der Waals surface area contributed by atoms with E-state index in [-0.39, 0.29) is 0 Å². The monoisotopic (exact) mass is 398 g/mol. The van der Waals surface area contributed by atoms with Gasteiger partial charge in [-0.15, -0.1) is 0 Å². The summed E-state index contributed by atoms with van der Waals surface area (Å²) >= 11 is 0. The first-order valence-electron chi connectivity index (χ1n) is 12.4. The van der Waals surface area contributed by atoms with Gasteiger partial charge < -0.3 is 4.42 Å². The summed E-state index contributed by atoms with van der Waals surface area (Å²) in [6, 6.07) is 10.4. The van der Waals surface area contributed by atoms with Gasteiger partial charge in [-0.1, -0.05) is 115 Å². The van der Waals surface area contributed by atoms with E-state index < -0.39 is 0 Å². The third-order valence-corrected chi connectivity index (χ3v) is 5.95. The van der Waals surface area contributed by atoms with Gasteiger partial charge in [-0.05, 0) is 18.6 Å². The van der Waals surface area contributed by atoms with E-state index in [2.05, 4.69) is 42.0 Å². The Morgan fingerprint density at radius 3 is 1.62 bits per heavy atom. The summed E-state index contributed by atoms with van der Waals surface area (Å²) < 4.78 is 7.94. The maximum Gasteiger partial charge on any atom is 0.380 e. The minimum Gasteiger partial charge on any atom is -0.406 e. The van der Waals surface area contributed by atoms with Crippen LogP contribution < -0.4 is 4.57 Å². The third-order valence-electron chi connectivity index (χ3n) is 5.95. The average molecular weight is 399 g/mol. The Kier molecular flexibility index (Phi) is 13.3. The molecule has 1 heterocycles. The first kappa shape index (κ1) is 23.7. The molecule has 0 saturated carbocycles. The summed E-state index contributed by atoms with van der Waals surface area (Å²) in [7, 11) is 0. The predicted molar refractivity (Wildman–Crippen MR) is 124 cm³/mol. The zero-order chi connectivity index (χ0) is 20.4. The van der Waals surface area contributed by atoms with E-state index >= 15 is 0 Å². The molecule has 2 heteroatoms. The van der Waals surface area contributed by atoms with Gasteiger partial charge in [0.15, 0.2) is 12.8 Å². The summed E-state index contributed by atoms with van der Waals surface area (Å²) in [6.07, 6.45) is 26.5. The van der Waals surface area contributed by atoms with Crippen LogP contribution in [0.4, 0.5) is 0 Å². The molecular weight excluding hydrogens is 354 g/mol. The van der Waals surface area contributed by atoms with E-state index in [1.54, 1.807) is 6.26 Å². The number of aromatic nitrogens is 1. The van der Waals surface area contributed by atoms with Crippen molar-refractivity contribution in [1.29, 1.82) is 0 Å². The zero-order valence-electron chi connectivity index (χ0n) is 18.9. The highest BCUT2D eigenvalue weighted by Gasteiger charge is 2.16. The number of aryl methyl sites for hydroxylation is 1. The molecule has 0 N–H and O–H groups in total. The van der Waals surface area contributed by atoms with Gasteiger partial charge in [-0.2, -0.15) is 4.57 Å². The van der Waals surface area contributed by atoms with Gasteiger partial charge in [0.25, 0.3) is 0 Å². The molecule has 1 aromatic carbocycles. The summed E-state index contributed by atoms with van der Waals surface area (Å²) in [5.74, 6) is 0.978. The SMILES string of the molecule is CCCCCCCCCCCCCCCCCC[n+]1ccoc1-c1ccccc1. The van der Waals surface area contributed by atoms with Crippen LogP contribution in [0.5, 0.6) is 0 Å². The van der Waals surface area contributed by atoms with Crippen LogP contribution in [0.1, 0.15) is 110 Å². The van der Waals surface area contributed by atoms with E-state index in [0.29, 0.717) is 0 Å². The van der Waals surface area contributed by atoms with Crippen LogP contribution in [0, 0.1) is 0 Å². The van der Waals surface area contributed by atoms with Crippen molar-refractivity contribution in [2.75, 3.05) is 0 Å². The van der Waals surface area contributed by atoms with E-state index in [0.717, 1.165) is 18.0 Å². The zero-order valence-corrected chi connectivity index (χ0v) is 18.9. The van der Waals surface area contributed by atoms with Gasteiger partial charge in [0.1, 0.15) is 0 Å². The molecule has 0 aliphatic heterocycles. The first-order valence-corrected chi connectivity index (χ1v) is 12.4. The highest BCUT2D eigenvalue weighted by Crippen LogP contribution is 2.16. The second-order valence-corrected chi connectivity index (χ2v) is 8.57. The molecule has 0 spiro atoms. The highest BCUT2D eigenvalue weighted by molar-refractivity contribution is 5.49. The Hall–Kier alpha value is -1.57. The van der Waals surface area contributed by atoms with Gasteiger partial charge in [-0.3, -0.25) is 0 Å². The number of hydrogen-bond donors (Lipinski definition) is 0. The van der Waals surface area contributed by atoms with Crippen LogP contribution >= 0.6 is 0 Å². The van der Waals surface area contributed by atoms with Crippen LogP contribution in [-0.2, 0) is 6.54 Å². The molecule has 0 atom stereocenters. The maximum absolute atomic E-state index is 5.69. The largest absolute Gasteiger partial charge is 0.406 e. The van der Waals surface area contributed by atoms with Crippen LogP contribution in [-0.4, -0.2) is 0 Å². The van der Waals surface area contributed by atoms with Gasteiger partial charge in [0, 0.05) is 6.42 Å². The smallest absolute Gasteiger partial charge is 0.380 e. The molecule has 0 fully saturated rings. The predicted octanol–water partition coefficient (Wildman–Crippen LogP) is 8.50. The lowest BCUT2D eigenvalue weighted by Gasteiger charge is -2.03. The Balaban J connectivity index is 1.38. The minimum atomic E-state index is 0.978. The molecule has 2 rings (SSSR count). The molecule has 29 heavy (non-hydrogen) atoms. The van der Waals surface area contributed by atoms with Crippen molar-refractivity contribution in [2.24, 2.45) is 0 Å². The lowest BCUT2D eigenvalue weighted by atomic mass is 10.0. The fraction of sp³-hybridized carbons (Fsp3) is 0.667. The summed E-state index contributed by atoms with van der Waals surface area (Å²) in [5, 5.41) is 0. The quantitative estimate of drug-likeness (QED) is 0.182. The molecule has 0 aliphatic carbocycles. The molecule has 0 aliphatic rings. The van der Waals surface area contributed by atoms with Crippen molar-refractivity contribution in [3.63, 3.8) is 0 Å². The molecule has 0 amide bonds. The fourth-order valence-corrected chi connectivity index (χ4v) is 4.12. The standard InChI is InChI=1S/C27H44NO/c1-2-3-4-5-6-7-8-9-10-11-12-13-14-15-16-20-23-28-24-25-29-27(28)26-21-18-17-19-22-26/h17-19,21-22,24-25H,2-16,20,23H2,1H3/q+1. The average Bonchev–Trinajstić information content (AvgIpc) is 3.22. The van der Waals surface area contributed by atoms with Crippen molar-refractivity contribution < 1.29 is 8.98 Å². The topological polar surface area (TPSA) is 17.0 Å². The Morgan fingerprint density at radius 2 is 1.10 bits per heavy atom. The maximum atomic E-state index is 5.69. The lowest BCUT2D eigenvalue weighted by Crippen LogP contribution is -2.33. The third kappa shape index (κ3) is 10.7. The molecule has 162 valence electrons. The molecule has 0 bridgehead atoms. The molecule has 2 nitrogen and oxygen atoms in total. The molecule has 0 radical (unpaired) electrons. The van der Waals surface area contributed by atoms with Crippen molar-refractivity contribution in [2.45, 2.75) is 116 Å². The van der Waals surface area contributed by atoms with Gasteiger partial charge in [-0.25, -0.2) is 0 Å². The van der Waals surface area contributed by atoms with Crippen LogP contribution in [0.25, 0.3) is 11.5 Å². The Morgan fingerprint density at radius 1 is 0.621 bits per heavy atom. The van der Waals surface area contributed by atoms with E-state index in [9.17, 15) is 0 Å². The van der Waals surface area contributed by atoms with Gasteiger partial charge >= 0.3 is 5.89 Å². The molecule has 0 unspecified atom stereocenters. The van der Waals surface area contributed by atoms with Crippen LogP contribution in [0.3, 0.4) is 0 Å². The minimum absolute atomic E-state index is 0.978. The molecule has 1 aromatic heterocycles. The molecule has 0 saturated heterocycles. The summed E-state index contributed by atoms with van der Waals surface area (Å²) in [6.45, 7) is 3.35. The summed E-state index contributed by atoms with van der Waals surface area (Å²) in [5.41, 5.74) is 1.16. The van der Waals surface area contributed by atoms with Crippen molar-refractivity contribution in [3.05, 3.63) is 42.8 Å². The number of oxazole rings is 1. The van der Waals surface area contributed by atoms with Gasteiger partial charge in [0.05, 0.1) is 5.56 Å². The molecular formula is C27H44NO+. The highest BCUT2D eigenvalue weighted by atomic mass is 16.3. The Bertz CT molecular complexity index is 604. The summed E-state index contributed by atoms with van der Waals surface area (Å²) in [4.78, 5) is 0. The van der Waals surface area contributed by atoms with Crippen molar-refractivity contribution in [1.82, 2.24) is 0 Å². The normalized spacial score (nSPS) is 11.2. The van der Waals surface area contributed by atoms with Crippen molar-refractivity contribution in [3.8, 4) is 11.5 Å². The lowest BCUT2D eigenvalue weighted by molar-refractivity contribution is -0.688. The second-order valence-electron chi connectivity index (χ2n) is 8.57. The number of unbranched alkanes of at least 4 members (excludes halogenated alkanes) is 15. The van der Waals surface area contributed by atoms with E-state index in [4.69, 9.17) is 4.42 Å². The van der Waals surface area contributed by atoms with Crippen molar-refractivity contribution >= 4 is 0 Å². The number of rotatable bonds is 18. The fourth-order valence-electron chi connectivity index (χ4n) is 4.12. The first-order chi connectivity index (χ1) is 14.4. The van der Waals surface area contributed by atoms with Gasteiger partial charge in [0.2, 0.25) is 6.20 Å². The van der Waals surface area contributed by atoms with Crippen LogP contribution in [0.15, 0.2) is 47.2 Å². The second kappa shape index (κ2) is 16.3. The van der Waals surface area contributed by atoms with Crippen LogP contribution in [0.2, 0.25) is 0 Å². The molecule has 2 aromatic rings. The van der Waals surface area contributed by atoms with E-state index in [1.165, 1.54) is 103 Å². The number of nitrogens with zero attached hydrogens (tertiary/aromatic N) is 1. The Labute approximate surface area is 179 Å². The number of benzene rings is 1.